The monoisotopic (exact) mass is 340 g/mol. The van der Waals surface area contributed by atoms with Crippen LogP contribution in [0.25, 0.3) is 32.8 Å². The van der Waals surface area contributed by atoms with Crippen LogP contribution in [0.5, 0.6) is 11.5 Å². The van der Waals surface area contributed by atoms with Crippen molar-refractivity contribution in [3.05, 3.63) is 65.4 Å². The van der Waals surface area contributed by atoms with Gasteiger partial charge in [-0.15, -0.1) is 0 Å². The van der Waals surface area contributed by atoms with Crippen LogP contribution in [0, 0.1) is 13.8 Å². The van der Waals surface area contributed by atoms with Crippen molar-refractivity contribution in [2.75, 3.05) is 0 Å². The van der Waals surface area contributed by atoms with Gasteiger partial charge < -0.3 is 4.74 Å². The predicted molar refractivity (Wildman–Crippen MR) is 107 cm³/mol. The van der Waals surface area contributed by atoms with E-state index in [1.165, 1.54) is 49.5 Å². The maximum atomic E-state index is 6.58. The van der Waals surface area contributed by atoms with Crippen LogP contribution in [0.2, 0.25) is 0 Å². The summed E-state index contributed by atoms with van der Waals surface area (Å²) >= 11 is 0. The Morgan fingerprint density at radius 1 is 1.00 bits per heavy atom. The largest absolute Gasteiger partial charge is 0.455 e. The number of ether oxygens (including phenoxy) is 1. The maximum absolute atomic E-state index is 6.58. The lowest BCUT2D eigenvalue weighted by atomic mass is 9.88. The van der Waals surface area contributed by atoms with Crippen molar-refractivity contribution in [1.29, 1.82) is 0 Å². The van der Waals surface area contributed by atoms with E-state index in [1.807, 2.05) is 0 Å². The number of rotatable bonds is 1. The highest BCUT2D eigenvalue weighted by molar-refractivity contribution is 6.06. The Morgan fingerprint density at radius 3 is 2.54 bits per heavy atom. The smallest absolute Gasteiger partial charge is 0.228 e. The summed E-state index contributed by atoms with van der Waals surface area (Å²) in [6.07, 6.45) is 3.11. The Kier molecular flexibility index (Phi) is 3.14. The fraction of sp³-hybridized carbons (Fsp3) is 0.208. The molecule has 0 saturated carbocycles. The standard InChI is InChI=1S/C24H22NO/c1-5-17-19-9-7-6-8-18(19)15(3)21-23-22-16(10-11-25(23)4)12-14(2)13-20(22)26-24(17)21/h6-13H,5H2,1-4H3/q+1. The maximum Gasteiger partial charge on any atom is 0.228 e. The number of pyridine rings is 1. The van der Waals surface area contributed by atoms with Crippen molar-refractivity contribution >= 4 is 21.5 Å². The molecule has 128 valence electrons. The van der Waals surface area contributed by atoms with E-state index in [-0.39, 0.29) is 0 Å². The van der Waals surface area contributed by atoms with Gasteiger partial charge in [0.25, 0.3) is 0 Å². The van der Waals surface area contributed by atoms with Crippen molar-refractivity contribution in [1.82, 2.24) is 0 Å². The van der Waals surface area contributed by atoms with E-state index < -0.39 is 0 Å². The van der Waals surface area contributed by atoms with Gasteiger partial charge in [0.15, 0.2) is 6.20 Å². The lowest BCUT2D eigenvalue weighted by molar-refractivity contribution is -0.659. The van der Waals surface area contributed by atoms with E-state index in [0.717, 1.165) is 17.9 Å². The Morgan fingerprint density at radius 2 is 1.77 bits per heavy atom. The van der Waals surface area contributed by atoms with Gasteiger partial charge in [0, 0.05) is 11.6 Å². The fourth-order valence-corrected chi connectivity index (χ4v) is 4.50. The number of nitrogens with zero attached hydrogens (tertiary/aromatic N) is 1. The summed E-state index contributed by atoms with van der Waals surface area (Å²) in [5.41, 5.74) is 6.32. The van der Waals surface area contributed by atoms with Crippen LogP contribution in [0.3, 0.4) is 0 Å². The minimum absolute atomic E-state index is 0.948. The first-order valence-corrected chi connectivity index (χ1v) is 9.25. The molecule has 4 aromatic rings. The highest BCUT2D eigenvalue weighted by atomic mass is 16.5. The average molecular weight is 340 g/mol. The third kappa shape index (κ3) is 1.90. The molecule has 2 heterocycles. The van der Waals surface area contributed by atoms with Gasteiger partial charge in [0.2, 0.25) is 5.69 Å². The first kappa shape index (κ1) is 15.4. The molecule has 26 heavy (non-hydrogen) atoms. The number of hydrogen-bond acceptors (Lipinski definition) is 1. The van der Waals surface area contributed by atoms with Gasteiger partial charge in [-0.25, -0.2) is 4.57 Å². The zero-order valence-corrected chi connectivity index (χ0v) is 15.7. The molecule has 1 aliphatic rings. The third-order valence-electron chi connectivity index (χ3n) is 5.68. The van der Waals surface area contributed by atoms with E-state index in [2.05, 4.69) is 81.0 Å². The van der Waals surface area contributed by atoms with Gasteiger partial charge in [0.05, 0.1) is 10.9 Å². The Hall–Kier alpha value is -2.87. The van der Waals surface area contributed by atoms with Crippen molar-refractivity contribution in [2.24, 2.45) is 7.05 Å². The third-order valence-corrected chi connectivity index (χ3v) is 5.68. The molecule has 0 fully saturated rings. The molecule has 2 nitrogen and oxygen atoms in total. The van der Waals surface area contributed by atoms with Crippen LogP contribution >= 0.6 is 0 Å². The normalized spacial score (nSPS) is 12.3. The van der Waals surface area contributed by atoms with Crippen LogP contribution in [0.4, 0.5) is 0 Å². The highest BCUT2D eigenvalue weighted by Crippen LogP contribution is 2.50. The van der Waals surface area contributed by atoms with Gasteiger partial charge in [-0.2, -0.15) is 0 Å². The van der Waals surface area contributed by atoms with Gasteiger partial charge in [-0.3, -0.25) is 0 Å². The summed E-state index contributed by atoms with van der Waals surface area (Å²) in [7, 11) is 2.13. The van der Waals surface area contributed by atoms with E-state index in [1.54, 1.807) is 0 Å². The van der Waals surface area contributed by atoms with Gasteiger partial charge in [-0.05, 0) is 53.6 Å². The second-order valence-electron chi connectivity index (χ2n) is 7.31. The first-order valence-electron chi connectivity index (χ1n) is 9.25. The summed E-state index contributed by atoms with van der Waals surface area (Å²) < 4.78 is 8.82. The molecule has 0 unspecified atom stereocenters. The molecule has 0 N–H and O–H groups in total. The Labute approximate surface area is 153 Å². The zero-order chi connectivity index (χ0) is 18.0. The van der Waals surface area contributed by atoms with Crippen molar-refractivity contribution in [3.63, 3.8) is 0 Å². The van der Waals surface area contributed by atoms with Crippen LogP contribution in [0.15, 0.2) is 48.7 Å². The molecule has 0 radical (unpaired) electrons. The lowest BCUT2D eigenvalue weighted by Gasteiger charge is -2.25. The second-order valence-corrected chi connectivity index (χ2v) is 7.31. The van der Waals surface area contributed by atoms with Gasteiger partial charge in [-0.1, -0.05) is 37.3 Å². The van der Waals surface area contributed by atoms with E-state index >= 15 is 0 Å². The fourth-order valence-electron chi connectivity index (χ4n) is 4.50. The van der Waals surface area contributed by atoms with Crippen LogP contribution in [0.1, 0.15) is 23.6 Å². The summed E-state index contributed by atoms with van der Waals surface area (Å²) in [5.74, 6) is 2.01. The van der Waals surface area contributed by atoms with E-state index in [4.69, 9.17) is 4.74 Å². The highest BCUT2D eigenvalue weighted by Gasteiger charge is 2.32. The molecular formula is C24H22NO+. The Balaban J connectivity index is 2.04. The molecule has 0 bridgehead atoms. The minimum Gasteiger partial charge on any atom is -0.455 e. The minimum atomic E-state index is 0.948. The summed E-state index contributed by atoms with van der Waals surface area (Å²) in [4.78, 5) is 0. The SMILES string of the molecule is CCc1c2c(c(C)c3ccccc13)-c1c3c(cc(C)cc3cc[n+]1C)O2. The molecule has 0 saturated heterocycles. The first-order chi connectivity index (χ1) is 12.6. The van der Waals surface area contributed by atoms with Crippen LogP contribution < -0.4 is 9.30 Å². The average Bonchev–Trinajstić information content (AvgIpc) is 2.64. The second kappa shape index (κ2) is 5.31. The zero-order valence-electron chi connectivity index (χ0n) is 15.7. The molecule has 0 aliphatic carbocycles. The predicted octanol–water partition coefficient (Wildman–Crippen LogP) is 5.77. The van der Waals surface area contributed by atoms with E-state index in [0.29, 0.717) is 0 Å². The van der Waals surface area contributed by atoms with Gasteiger partial charge >= 0.3 is 0 Å². The summed E-state index contributed by atoms with van der Waals surface area (Å²) in [6.45, 7) is 6.57. The van der Waals surface area contributed by atoms with Crippen molar-refractivity contribution in [2.45, 2.75) is 27.2 Å². The quantitative estimate of drug-likeness (QED) is 0.353. The van der Waals surface area contributed by atoms with Gasteiger partial charge in [0.1, 0.15) is 18.5 Å². The molecule has 5 rings (SSSR count). The lowest BCUT2D eigenvalue weighted by Crippen LogP contribution is -2.32. The molecule has 0 spiro atoms. The number of aryl methyl sites for hydroxylation is 4. The van der Waals surface area contributed by atoms with Crippen molar-refractivity contribution < 1.29 is 9.30 Å². The number of benzene rings is 3. The number of hydrogen-bond donors (Lipinski definition) is 0. The topological polar surface area (TPSA) is 13.1 Å². The molecule has 0 amide bonds. The molecular weight excluding hydrogens is 318 g/mol. The van der Waals surface area contributed by atoms with E-state index in [9.17, 15) is 0 Å². The summed E-state index contributed by atoms with van der Waals surface area (Å²) in [5, 5.41) is 5.08. The molecule has 1 aliphatic heterocycles. The van der Waals surface area contributed by atoms with Crippen LogP contribution in [-0.2, 0) is 13.5 Å². The number of aromatic nitrogens is 1. The molecule has 3 aromatic carbocycles. The molecule has 1 aromatic heterocycles. The summed E-state index contributed by atoms with van der Waals surface area (Å²) in [6, 6.07) is 15.3. The number of fused-ring (bicyclic) bond motifs is 3. The Bertz CT molecular complexity index is 1220. The molecule has 0 atom stereocenters. The molecule has 2 heteroatoms. The van der Waals surface area contributed by atoms with Crippen LogP contribution in [-0.4, -0.2) is 0 Å². The van der Waals surface area contributed by atoms with Crippen molar-refractivity contribution in [3.8, 4) is 22.8 Å².